The topological polar surface area (TPSA) is 35.5 Å². The number of esters is 1. The maximum atomic E-state index is 12.0. The van der Waals surface area contributed by atoms with Crippen molar-refractivity contribution < 1.29 is 14.3 Å². The van der Waals surface area contributed by atoms with E-state index in [4.69, 9.17) is 9.47 Å². The molecule has 0 aromatic heterocycles. The number of fused-ring (bicyclic) bond motifs is 1. The Morgan fingerprint density at radius 3 is 2.33 bits per heavy atom. The van der Waals surface area contributed by atoms with Crippen LogP contribution in [0.5, 0.6) is 5.75 Å². The molecule has 0 amide bonds. The number of para-hydroxylation sites is 1. The number of hydrogen-bond acceptors (Lipinski definition) is 4. The van der Waals surface area contributed by atoms with Crippen molar-refractivity contribution in [2.24, 2.45) is 0 Å². The predicted octanol–water partition coefficient (Wildman–Crippen LogP) is 8.61. The van der Waals surface area contributed by atoms with Gasteiger partial charge in [0.1, 0.15) is 12.4 Å². The second-order valence-electron chi connectivity index (χ2n) is 10.3. The normalized spacial score (nSPS) is 14.3. The number of hydrogen-bond donors (Lipinski definition) is 0. The van der Waals surface area contributed by atoms with Crippen molar-refractivity contribution in [1.82, 2.24) is 0 Å². The Morgan fingerprint density at radius 2 is 1.55 bits per heavy atom. The third kappa shape index (κ3) is 7.05. The summed E-state index contributed by atoms with van der Waals surface area (Å²) >= 11 is 1.81. The molecule has 3 nitrogen and oxygen atoms in total. The molecule has 0 N–H and O–H groups in total. The molecule has 4 aromatic rings. The molecule has 0 saturated heterocycles. The average molecular weight is 549 g/mol. The minimum atomic E-state index is -0.292. The molecule has 0 fully saturated rings. The van der Waals surface area contributed by atoms with Crippen LogP contribution >= 0.6 is 11.8 Å². The van der Waals surface area contributed by atoms with Gasteiger partial charge in [-0.25, -0.2) is 4.79 Å². The van der Waals surface area contributed by atoms with Crippen LogP contribution in [0.4, 0.5) is 0 Å². The SMILES string of the molecule is C=C(CCc1ccccc1OCc1ccc(CCc2ccccc2)cc1)C1CCSc2cc(C(=O)OC)ccc21. The Hall–Kier alpha value is -3.76. The van der Waals surface area contributed by atoms with Gasteiger partial charge in [-0.15, -0.1) is 11.8 Å². The molecular weight excluding hydrogens is 512 g/mol. The molecular formula is C36H36O3S. The Bertz CT molecular complexity index is 1440. The van der Waals surface area contributed by atoms with Gasteiger partial charge in [0.05, 0.1) is 12.7 Å². The zero-order chi connectivity index (χ0) is 27.7. The zero-order valence-corrected chi connectivity index (χ0v) is 23.9. The molecule has 0 saturated carbocycles. The third-order valence-corrected chi connectivity index (χ3v) is 8.72. The standard InChI is InChI=1S/C36H36O3S/c1-26(32-22-23-40-35-24-31(36(37)38-2)20-21-33(32)35)12-19-30-10-6-7-11-34(30)39-25-29-17-15-28(16-18-29)14-13-27-8-4-3-5-9-27/h3-11,15-18,20-21,24,32H,1,12-14,19,22-23,25H2,2H3. The van der Waals surface area contributed by atoms with Gasteiger partial charge < -0.3 is 9.47 Å². The molecule has 0 aliphatic carbocycles. The fraction of sp³-hybridized carbons (Fsp3) is 0.250. The Labute approximate surface area is 242 Å². The van der Waals surface area contributed by atoms with Crippen molar-refractivity contribution >= 4 is 17.7 Å². The van der Waals surface area contributed by atoms with Crippen LogP contribution in [-0.2, 0) is 30.6 Å². The smallest absolute Gasteiger partial charge is 0.337 e. The van der Waals surface area contributed by atoms with E-state index < -0.39 is 0 Å². The van der Waals surface area contributed by atoms with Crippen LogP contribution in [0.1, 0.15) is 56.9 Å². The largest absolute Gasteiger partial charge is 0.489 e. The minimum Gasteiger partial charge on any atom is -0.489 e. The Morgan fingerprint density at radius 1 is 0.850 bits per heavy atom. The van der Waals surface area contributed by atoms with Crippen LogP contribution < -0.4 is 4.74 Å². The zero-order valence-electron chi connectivity index (χ0n) is 23.1. The fourth-order valence-corrected chi connectivity index (χ4v) is 6.44. The summed E-state index contributed by atoms with van der Waals surface area (Å²) in [6.45, 7) is 5.04. The van der Waals surface area contributed by atoms with Gasteiger partial charge in [0.2, 0.25) is 0 Å². The maximum Gasteiger partial charge on any atom is 0.337 e. The molecule has 1 unspecified atom stereocenters. The van der Waals surface area contributed by atoms with Gasteiger partial charge in [-0.05, 0) is 83.9 Å². The van der Waals surface area contributed by atoms with E-state index >= 15 is 0 Å². The summed E-state index contributed by atoms with van der Waals surface area (Å²) in [4.78, 5) is 13.1. The molecule has 40 heavy (non-hydrogen) atoms. The van der Waals surface area contributed by atoms with Gasteiger partial charge in [0, 0.05) is 10.8 Å². The molecule has 4 aromatic carbocycles. The second kappa shape index (κ2) is 13.5. The molecule has 1 heterocycles. The van der Waals surface area contributed by atoms with Crippen molar-refractivity contribution in [3.63, 3.8) is 0 Å². The first-order chi connectivity index (χ1) is 19.6. The quantitative estimate of drug-likeness (QED) is 0.139. The number of thioether (sulfide) groups is 1. The van der Waals surface area contributed by atoms with Crippen LogP contribution in [0.25, 0.3) is 0 Å². The first kappa shape index (κ1) is 27.8. The van der Waals surface area contributed by atoms with Gasteiger partial charge in [-0.3, -0.25) is 0 Å². The summed E-state index contributed by atoms with van der Waals surface area (Å²) < 4.78 is 11.2. The number of aryl methyl sites for hydroxylation is 3. The van der Waals surface area contributed by atoms with Crippen LogP contribution in [0, 0.1) is 0 Å². The highest BCUT2D eigenvalue weighted by molar-refractivity contribution is 7.99. The van der Waals surface area contributed by atoms with Crippen molar-refractivity contribution in [3.05, 3.63) is 143 Å². The van der Waals surface area contributed by atoms with Crippen molar-refractivity contribution in [2.75, 3.05) is 12.9 Å². The lowest BCUT2D eigenvalue weighted by molar-refractivity contribution is 0.0600. The number of rotatable bonds is 11. The first-order valence-corrected chi connectivity index (χ1v) is 14.9. The van der Waals surface area contributed by atoms with Crippen LogP contribution in [0.2, 0.25) is 0 Å². The van der Waals surface area contributed by atoms with E-state index in [1.165, 1.54) is 40.5 Å². The minimum absolute atomic E-state index is 0.292. The molecule has 1 atom stereocenters. The van der Waals surface area contributed by atoms with Gasteiger partial charge >= 0.3 is 5.97 Å². The number of benzene rings is 4. The molecule has 1 aliphatic heterocycles. The number of allylic oxidation sites excluding steroid dienone is 1. The second-order valence-corrected chi connectivity index (χ2v) is 11.4. The highest BCUT2D eigenvalue weighted by Gasteiger charge is 2.24. The lowest BCUT2D eigenvalue weighted by atomic mass is 9.85. The Kier molecular flexibility index (Phi) is 9.41. The average Bonchev–Trinajstić information content (AvgIpc) is 3.02. The number of carbonyl (C=O) groups is 1. The number of ether oxygens (including phenoxy) is 2. The van der Waals surface area contributed by atoms with E-state index in [-0.39, 0.29) is 5.97 Å². The lowest BCUT2D eigenvalue weighted by Gasteiger charge is -2.27. The van der Waals surface area contributed by atoms with E-state index in [1.807, 2.05) is 18.2 Å². The molecule has 0 radical (unpaired) electrons. The molecule has 5 rings (SSSR count). The highest BCUT2D eigenvalue weighted by atomic mass is 32.2. The van der Waals surface area contributed by atoms with Crippen molar-refractivity contribution in [2.45, 2.75) is 49.5 Å². The summed E-state index contributed by atoms with van der Waals surface area (Å²) in [7, 11) is 1.42. The van der Waals surface area contributed by atoms with Gasteiger partial charge in [0.15, 0.2) is 0 Å². The van der Waals surface area contributed by atoms with Crippen molar-refractivity contribution in [1.29, 1.82) is 0 Å². The van der Waals surface area contributed by atoms with E-state index in [0.717, 1.165) is 48.5 Å². The lowest BCUT2D eigenvalue weighted by Crippen LogP contribution is -2.12. The number of carbonyl (C=O) groups excluding carboxylic acids is 1. The van der Waals surface area contributed by atoms with Gasteiger partial charge in [0.25, 0.3) is 0 Å². The molecule has 0 bridgehead atoms. The van der Waals surface area contributed by atoms with E-state index in [9.17, 15) is 4.79 Å². The Balaban J connectivity index is 1.16. The van der Waals surface area contributed by atoms with E-state index in [0.29, 0.717) is 18.1 Å². The molecule has 204 valence electrons. The first-order valence-electron chi connectivity index (χ1n) is 14.0. The van der Waals surface area contributed by atoms with Gasteiger partial charge in [-0.2, -0.15) is 0 Å². The molecule has 1 aliphatic rings. The summed E-state index contributed by atoms with van der Waals surface area (Å²) in [5.41, 5.74) is 8.19. The third-order valence-electron chi connectivity index (χ3n) is 7.62. The predicted molar refractivity (Wildman–Crippen MR) is 164 cm³/mol. The van der Waals surface area contributed by atoms with Crippen molar-refractivity contribution in [3.8, 4) is 5.75 Å². The van der Waals surface area contributed by atoms with E-state index in [1.54, 1.807) is 11.8 Å². The van der Waals surface area contributed by atoms with Crippen LogP contribution in [-0.4, -0.2) is 18.8 Å². The summed E-state index contributed by atoms with van der Waals surface area (Å²) in [5.74, 6) is 1.97. The van der Waals surface area contributed by atoms with Gasteiger partial charge in [-0.1, -0.05) is 91.0 Å². The monoisotopic (exact) mass is 548 g/mol. The number of methoxy groups -OCH3 is 1. The molecule has 0 spiro atoms. The maximum absolute atomic E-state index is 12.0. The van der Waals surface area contributed by atoms with Crippen LogP contribution in [0.15, 0.2) is 114 Å². The van der Waals surface area contributed by atoms with Crippen LogP contribution in [0.3, 0.4) is 0 Å². The summed E-state index contributed by atoms with van der Waals surface area (Å²) in [6, 6.07) is 33.6. The summed E-state index contributed by atoms with van der Waals surface area (Å²) in [5, 5.41) is 0. The summed E-state index contributed by atoms with van der Waals surface area (Å²) in [6.07, 6.45) is 4.92. The van der Waals surface area contributed by atoms with E-state index in [2.05, 4.69) is 85.4 Å². The highest BCUT2D eigenvalue weighted by Crippen LogP contribution is 2.42. The fourth-order valence-electron chi connectivity index (χ4n) is 5.28. The molecule has 4 heteroatoms.